The Balaban J connectivity index is 1.37. The van der Waals surface area contributed by atoms with E-state index in [0.717, 1.165) is 28.8 Å². The Morgan fingerprint density at radius 2 is 1.81 bits per heavy atom. The number of rotatable bonds is 6. The molecule has 3 heterocycles. The zero-order valence-corrected chi connectivity index (χ0v) is 19.5. The van der Waals surface area contributed by atoms with Crippen LogP contribution in [0.2, 0.25) is 0 Å². The van der Waals surface area contributed by atoms with Crippen LogP contribution < -0.4 is 0 Å². The molecule has 0 saturated heterocycles. The highest BCUT2D eigenvalue weighted by Crippen LogP contribution is 2.31. The lowest BCUT2D eigenvalue weighted by Gasteiger charge is -2.30. The molecule has 5 rings (SSSR count). The molecule has 1 aliphatic heterocycles. The van der Waals surface area contributed by atoms with Gasteiger partial charge >= 0.3 is 0 Å². The van der Waals surface area contributed by atoms with Gasteiger partial charge in [-0.05, 0) is 41.5 Å². The summed E-state index contributed by atoms with van der Waals surface area (Å²) in [5, 5.41) is 11.5. The van der Waals surface area contributed by atoms with Crippen molar-refractivity contribution < 1.29 is 4.79 Å². The Kier molecular flexibility index (Phi) is 6.10. The highest BCUT2D eigenvalue weighted by molar-refractivity contribution is 8.00. The molecule has 5 nitrogen and oxygen atoms in total. The van der Waals surface area contributed by atoms with Crippen LogP contribution in [0.15, 0.2) is 77.3 Å². The van der Waals surface area contributed by atoms with E-state index in [9.17, 15) is 4.79 Å². The van der Waals surface area contributed by atoms with Crippen LogP contribution in [-0.2, 0) is 24.3 Å². The summed E-state index contributed by atoms with van der Waals surface area (Å²) in [4.78, 5) is 16.3. The summed E-state index contributed by atoms with van der Waals surface area (Å²) in [6, 6.07) is 22.8. The smallest absolute Gasteiger partial charge is 0.236 e. The van der Waals surface area contributed by atoms with Gasteiger partial charge in [-0.1, -0.05) is 72.4 Å². The van der Waals surface area contributed by atoms with E-state index in [1.807, 2.05) is 47.5 Å². The van der Waals surface area contributed by atoms with Crippen LogP contribution in [0.25, 0.3) is 10.7 Å². The molecule has 0 bridgehead atoms. The largest absolute Gasteiger partial charge is 0.337 e. The highest BCUT2D eigenvalue weighted by atomic mass is 32.2. The fraction of sp³-hybridized carbons (Fsp3) is 0.240. The zero-order chi connectivity index (χ0) is 21.9. The van der Waals surface area contributed by atoms with Gasteiger partial charge in [-0.25, -0.2) is 0 Å². The van der Waals surface area contributed by atoms with Crippen molar-refractivity contribution in [1.82, 2.24) is 19.7 Å². The second-order valence-corrected chi connectivity index (χ2v) is 10.1. The average molecular weight is 461 g/mol. The van der Waals surface area contributed by atoms with Crippen LogP contribution in [0.1, 0.15) is 23.6 Å². The number of carbonyl (C=O) groups is 1. The van der Waals surface area contributed by atoms with Crippen LogP contribution in [0, 0.1) is 0 Å². The van der Waals surface area contributed by atoms with Crippen molar-refractivity contribution in [3.63, 3.8) is 0 Å². The Hall–Kier alpha value is -2.90. The number of nitrogens with zero attached hydrogens (tertiary/aromatic N) is 4. The summed E-state index contributed by atoms with van der Waals surface area (Å²) in [5.41, 5.74) is 3.77. The fourth-order valence-corrected chi connectivity index (χ4v) is 5.67. The van der Waals surface area contributed by atoms with Crippen LogP contribution in [0.4, 0.5) is 0 Å². The van der Waals surface area contributed by atoms with E-state index in [2.05, 4.69) is 51.2 Å². The predicted molar refractivity (Wildman–Crippen MR) is 130 cm³/mol. The lowest BCUT2D eigenvalue weighted by atomic mass is 10.00. The van der Waals surface area contributed by atoms with E-state index in [0.29, 0.717) is 13.1 Å². The number of fused-ring (bicyclic) bond motifs is 1. The molecule has 0 N–H and O–H groups in total. The summed E-state index contributed by atoms with van der Waals surface area (Å²) in [6.07, 6.45) is 0.909. The van der Waals surface area contributed by atoms with Crippen molar-refractivity contribution in [2.45, 2.75) is 36.8 Å². The molecular formula is C25H24N4OS2. The third-order valence-electron chi connectivity index (χ3n) is 5.71. The molecule has 32 heavy (non-hydrogen) atoms. The van der Waals surface area contributed by atoms with E-state index < -0.39 is 0 Å². The monoisotopic (exact) mass is 460 g/mol. The topological polar surface area (TPSA) is 51.0 Å². The lowest BCUT2D eigenvalue weighted by Crippen LogP contribution is -2.40. The van der Waals surface area contributed by atoms with Crippen molar-refractivity contribution in [3.05, 3.63) is 88.8 Å². The third-order valence-corrected chi connectivity index (χ3v) is 7.65. The molecule has 1 atom stereocenters. The summed E-state index contributed by atoms with van der Waals surface area (Å²) in [6.45, 7) is 4.08. The minimum atomic E-state index is -0.241. The molecule has 7 heteroatoms. The summed E-state index contributed by atoms with van der Waals surface area (Å²) in [7, 11) is 0. The second kappa shape index (κ2) is 9.30. The van der Waals surface area contributed by atoms with Gasteiger partial charge in [0, 0.05) is 13.1 Å². The number of aromatic nitrogens is 3. The molecule has 4 aromatic rings. The maximum absolute atomic E-state index is 13.3. The van der Waals surface area contributed by atoms with Gasteiger partial charge in [-0.3, -0.25) is 9.36 Å². The van der Waals surface area contributed by atoms with E-state index in [1.165, 1.54) is 28.5 Å². The number of hydrogen-bond donors (Lipinski definition) is 0. The molecule has 0 radical (unpaired) electrons. The number of thioether (sulfide) groups is 1. The van der Waals surface area contributed by atoms with Gasteiger partial charge in [0.25, 0.3) is 0 Å². The van der Waals surface area contributed by atoms with Crippen LogP contribution in [-0.4, -0.2) is 37.4 Å². The normalized spacial score (nSPS) is 14.2. The molecule has 1 amide bonds. The van der Waals surface area contributed by atoms with E-state index in [4.69, 9.17) is 0 Å². The molecule has 0 fully saturated rings. The summed E-state index contributed by atoms with van der Waals surface area (Å²) >= 11 is 3.14. The van der Waals surface area contributed by atoms with Gasteiger partial charge in [-0.2, -0.15) is 0 Å². The Labute approximate surface area is 196 Å². The maximum Gasteiger partial charge on any atom is 0.236 e. The second-order valence-electron chi connectivity index (χ2n) is 7.89. The number of amides is 1. The molecule has 162 valence electrons. The SMILES string of the molecule is CC(Sc1nnc(-c2cccs2)n1Cc1ccccc1)C(=O)N1CCc2ccccc2C1. The molecule has 1 unspecified atom stereocenters. The van der Waals surface area contributed by atoms with Crippen molar-refractivity contribution in [2.75, 3.05) is 6.54 Å². The first-order chi connectivity index (χ1) is 15.7. The zero-order valence-electron chi connectivity index (χ0n) is 17.8. The van der Waals surface area contributed by atoms with Gasteiger partial charge in [-0.15, -0.1) is 21.5 Å². The summed E-state index contributed by atoms with van der Waals surface area (Å²) < 4.78 is 2.13. The standard InChI is InChI=1S/C25H24N4OS2/c1-18(24(30)28-14-13-20-10-5-6-11-21(20)17-28)32-25-27-26-23(22-12-7-15-31-22)29(25)16-19-8-3-2-4-9-19/h2-12,15,18H,13-14,16-17H2,1H3. The van der Waals surface area contributed by atoms with Crippen molar-refractivity contribution >= 4 is 29.0 Å². The third kappa shape index (κ3) is 4.36. The van der Waals surface area contributed by atoms with Crippen molar-refractivity contribution in [2.24, 2.45) is 0 Å². The van der Waals surface area contributed by atoms with E-state index in [1.54, 1.807) is 11.3 Å². The Morgan fingerprint density at radius 3 is 2.59 bits per heavy atom. The minimum absolute atomic E-state index is 0.149. The highest BCUT2D eigenvalue weighted by Gasteiger charge is 2.27. The van der Waals surface area contributed by atoms with Crippen LogP contribution in [0.5, 0.6) is 0 Å². The van der Waals surface area contributed by atoms with E-state index >= 15 is 0 Å². The van der Waals surface area contributed by atoms with Gasteiger partial charge in [0.1, 0.15) is 0 Å². The van der Waals surface area contributed by atoms with Gasteiger partial charge in [0.05, 0.1) is 16.7 Å². The number of thiophene rings is 1. The average Bonchev–Trinajstić information content (AvgIpc) is 3.49. The molecule has 0 saturated carbocycles. The van der Waals surface area contributed by atoms with Crippen molar-refractivity contribution in [1.29, 1.82) is 0 Å². The molecule has 0 spiro atoms. The first-order valence-corrected chi connectivity index (χ1v) is 12.5. The lowest BCUT2D eigenvalue weighted by molar-refractivity contribution is -0.131. The van der Waals surface area contributed by atoms with Crippen LogP contribution >= 0.6 is 23.1 Å². The molecular weight excluding hydrogens is 436 g/mol. The molecule has 0 aliphatic carbocycles. The molecule has 1 aliphatic rings. The maximum atomic E-state index is 13.3. The first kappa shape index (κ1) is 21.0. The quantitative estimate of drug-likeness (QED) is 0.375. The Bertz CT molecular complexity index is 1200. The molecule has 2 aromatic carbocycles. The van der Waals surface area contributed by atoms with Gasteiger partial charge < -0.3 is 4.90 Å². The predicted octanol–water partition coefficient (Wildman–Crippen LogP) is 5.12. The van der Waals surface area contributed by atoms with Gasteiger partial charge in [0.15, 0.2) is 11.0 Å². The van der Waals surface area contributed by atoms with Gasteiger partial charge in [0.2, 0.25) is 5.91 Å². The summed E-state index contributed by atoms with van der Waals surface area (Å²) in [5.74, 6) is 0.995. The first-order valence-electron chi connectivity index (χ1n) is 10.7. The fourth-order valence-electron chi connectivity index (χ4n) is 4.02. The van der Waals surface area contributed by atoms with E-state index in [-0.39, 0.29) is 11.2 Å². The number of benzene rings is 2. The number of hydrogen-bond acceptors (Lipinski definition) is 5. The minimum Gasteiger partial charge on any atom is -0.337 e. The Morgan fingerprint density at radius 1 is 1.03 bits per heavy atom. The van der Waals surface area contributed by atoms with Crippen molar-refractivity contribution in [3.8, 4) is 10.7 Å². The van der Waals surface area contributed by atoms with Crippen LogP contribution in [0.3, 0.4) is 0 Å². The number of carbonyl (C=O) groups excluding carboxylic acids is 1. The molecule has 2 aromatic heterocycles.